The van der Waals surface area contributed by atoms with Gasteiger partial charge in [0.1, 0.15) is 0 Å². The molecule has 0 saturated heterocycles. The van der Waals surface area contributed by atoms with Crippen molar-refractivity contribution in [3.05, 3.63) is 301 Å². The van der Waals surface area contributed by atoms with Crippen molar-refractivity contribution in [1.29, 1.82) is 0 Å². The van der Waals surface area contributed by atoms with E-state index in [-0.39, 0.29) is 17.6 Å². The van der Waals surface area contributed by atoms with Crippen molar-refractivity contribution in [1.82, 2.24) is 14.1 Å². The van der Waals surface area contributed by atoms with Crippen LogP contribution in [-0.4, -0.2) is 14.1 Å². The third-order valence-corrected chi connectivity index (χ3v) is 15.8. The number of ether oxygens (including phenoxy) is 1. The Hall–Kier alpha value is -9.87. The van der Waals surface area contributed by atoms with Gasteiger partial charge in [0.25, 0.3) is 0 Å². The quantitative estimate of drug-likeness (QED) is 0.144. The predicted octanol–water partition coefficient (Wildman–Crippen LogP) is 19.6. The topological polar surface area (TPSA) is 38.5 Å². The van der Waals surface area contributed by atoms with Gasteiger partial charge in [-0.25, -0.2) is 0 Å². The number of anilines is 6. The van der Waals surface area contributed by atoms with Gasteiger partial charge in [-0.05, 0) is 42.3 Å². The Balaban J connectivity index is 0.961. The molecule has 3 heterocycles. The van der Waals surface area contributed by atoms with E-state index in [1.165, 1.54) is 0 Å². The van der Waals surface area contributed by atoms with Crippen molar-refractivity contribution >= 4 is 45.3 Å². The molecule has 6 nitrogen and oxygen atoms in total. The number of imidazole rings is 1. The van der Waals surface area contributed by atoms with Crippen LogP contribution in [0.3, 0.4) is 0 Å². The summed E-state index contributed by atoms with van der Waals surface area (Å²) in [6.07, 6.45) is 1.63. The average molecular weight is 1210 g/mol. The average Bonchev–Trinajstić information content (AvgIpc) is 1.90. The summed E-state index contributed by atoms with van der Waals surface area (Å²) < 4.78 is 56.0. The van der Waals surface area contributed by atoms with Crippen LogP contribution in [0.1, 0.15) is 12.4 Å². The molecule has 1 aliphatic rings. The summed E-state index contributed by atoms with van der Waals surface area (Å²) in [6, 6.07) is 86.5. The van der Waals surface area contributed by atoms with Gasteiger partial charge in [0.15, 0.2) is 0 Å². The second-order valence-electron chi connectivity index (χ2n) is 19.5. The predicted molar refractivity (Wildman–Crippen MR) is 325 cm³/mol. The summed E-state index contributed by atoms with van der Waals surface area (Å²) in [4.78, 5) is 9.68. The van der Waals surface area contributed by atoms with Crippen LogP contribution >= 0.6 is 0 Å². The van der Waals surface area contributed by atoms with Crippen LogP contribution in [0.2, 0.25) is 0 Å². The molecular formula is C73H51N5OPt. The van der Waals surface area contributed by atoms with Gasteiger partial charge in [0.05, 0.1) is 12.5 Å². The molecule has 13 aromatic rings. The molecule has 14 rings (SSSR count). The second-order valence-corrected chi connectivity index (χ2v) is 20.5. The van der Waals surface area contributed by atoms with Crippen LogP contribution in [0.25, 0.3) is 78.0 Å². The van der Waals surface area contributed by atoms with E-state index < -0.39 is 18.1 Å². The molecule has 0 atom stereocenters. The monoisotopic (exact) mass is 1210 g/mol. The first-order valence-electron chi connectivity index (χ1n) is 28.9. The zero-order valence-corrected chi connectivity index (χ0v) is 45.6. The summed E-state index contributed by atoms with van der Waals surface area (Å²) in [5, 5.41) is 0. The van der Waals surface area contributed by atoms with E-state index in [9.17, 15) is 0 Å². The number of aryl methyl sites for hydroxylation is 1. The van der Waals surface area contributed by atoms with Crippen molar-refractivity contribution in [2.75, 3.05) is 9.80 Å². The molecule has 0 aliphatic carbocycles. The number of pyridine rings is 1. The minimum atomic E-state index is -0.447. The minimum Gasteiger partial charge on any atom is -0.0616 e. The number of aromatic nitrogens is 3. The fourth-order valence-corrected chi connectivity index (χ4v) is 12.3. The summed E-state index contributed by atoms with van der Waals surface area (Å²) in [5.74, 6) is 1.75. The van der Waals surface area contributed by atoms with E-state index in [0.717, 1.165) is 99.2 Å². The van der Waals surface area contributed by atoms with Crippen LogP contribution in [-0.2, 0) is 19.4 Å². The van der Waals surface area contributed by atoms with Crippen molar-refractivity contribution in [3.63, 3.8) is 0 Å². The fraction of sp³-hybridized carbons (Fsp3) is 0.0137. The molecule has 0 N–H and O–H groups in total. The van der Waals surface area contributed by atoms with Gasteiger partial charge in [0.2, 0.25) is 0 Å². The van der Waals surface area contributed by atoms with Crippen molar-refractivity contribution in [2.45, 2.75) is 6.92 Å². The first kappa shape index (κ1) is 43.1. The smallest absolute Gasteiger partial charge is 0.0616 e. The normalized spacial score (nSPS) is 12.7. The summed E-state index contributed by atoms with van der Waals surface area (Å²) in [7, 11) is 0. The standard InChI is InChI=1S/C73H51N5O.Pt/c1-51-46-72(74-49-65(51)54-28-10-4-11-29-54)78-68-41-19-16-35-62(68)61-34-14-17-39-66(61)77(55-30-12-5-13-31-55)67-40-18-15-36-63(67)64-45-44-58(48-71(64)78)79-57-33-22-32-56(47-57)75-50-76(70-43-21-20-42-69(70)75)73-59(52-24-6-2-7-25-52)37-23-38-60(73)53-26-8-3-9-27-53;/h2-49H,1H3;/i4D,10D,11D,28D,29D;. The Kier molecular flexibility index (Phi) is 11.2. The third kappa shape index (κ3) is 8.67. The summed E-state index contributed by atoms with van der Waals surface area (Å²) in [5.41, 5.74) is 18.0. The molecule has 0 bridgehead atoms. The van der Waals surface area contributed by atoms with E-state index in [4.69, 9.17) is 16.6 Å². The molecule has 1 aliphatic heterocycles. The fourth-order valence-electron chi connectivity index (χ4n) is 11.2. The first-order valence-corrected chi connectivity index (χ1v) is 27.6. The van der Waals surface area contributed by atoms with Gasteiger partial charge in [-0.2, -0.15) is 0 Å². The van der Waals surface area contributed by atoms with Crippen molar-refractivity contribution in [2.24, 2.45) is 0 Å². The van der Waals surface area contributed by atoms with E-state index in [2.05, 4.69) is 257 Å². The Morgan fingerprint density at radius 1 is 0.388 bits per heavy atom. The van der Waals surface area contributed by atoms with Gasteiger partial charge in [-0.3, -0.25) is 0 Å². The zero-order valence-electron chi connectivity index (χ0n) is 48.3. The molecular weight excluding hydrogens is 1160 g/mol. The van der Waals surface area contributed by atoms with Gasteiger partial charge >= 0.3 is 306 Å². The summed E-state index contributed by atoms with van der Waals surface area (Å²) >= 11 is 2.48. The van der Waals surface area contributed by atoms with Gasteiger partial charge < -0.3 is 4.90 Å². The second kappa shape index (κ2) is 20.8. The van der Waals surface area contributed by atoms with Crippen LogP contribution in [0, 0.1) is 10.7 Å². The number of rotatable bonds is 9. The number of hydrogen-bond acceptors (Lipinski definition) is 4. The molecule has 0 spiro atoms. The van der Waals surface area contributed by atoms with Crippen LogP contribution in [0.4, 0.5) is 34.3 Å². The van der Waals surface area contributed by atoms with E-state index in [0.29, 0.717) is 28.4 Å². The van der Waals surface area contributed by atoms with Crippen molar-refractivity contribution in [3.8, 4) is 78.5 Å². The molecule has 0 unspecified atom stereocenters. The Labute approximate surface area is 483 Å². The Bertz CT molecular complexity index is 4730. The SMILES string of the molecule is [2H]c1c([2H])c([2H])c(-c2cnc(N3c4ccccc4-c4ccccc4N(c4ccccc4)c4ccccc4-c4ccc(Oc5cccc(-n6[c](=[Pt])n(-c7c(-c8ccccc8)cccc7-c7ccccc7)c7ccccc76)c5)cc43)cc2C)c([2H])c1[2H]. The first-order chi connectivity index (χ1) is 41.6. The Morgan fingerprint density at radius 2 is 0.875 bits per heavy atom. The third-order valence-electron chi connectivity index (χ3n) is 14.8. The number of para-hydroxylation sites is 7. The van der Waals surface area contributed by atoms with Gasteiger partial charge in [0, 0.05) is 23.0 Å². The van der Waals surface area contributed by atoms with Gasteiger partial charge in [-0.1, -0.05) is 96.9 Å². The van der Waals surface area contributed by atoms with Gasteiger partial charge in [-0.15, -0.1) is 0 Å². The molecule has 80 heavy (non-hydrogen) atoms. The number of benzene rings is 11. The van der Waals surface area contributed by atoms with E-state index >= 15 is 0 Å². The van der Waals surface area contributed by atoms with Crippen LogP contribution in [0.15, 0.2) is 291 Å². The maximum atomic E-state index is 8.93. The molecule has 384 valence electrons. The molecule has 0 radical (unpaired) electrons. The molecule has 7 heteroatoms. The zero-order chi connectivity index (χ0) is 57.9. The van der Waals surface area contributed by atoms with Crippen LogP contribution < -0.4 is 14.5 Å². The summed E-state index contributed by atoms with van der Waals surface area (Å²) in [6.45, 7) is 1.89. The molecule has 2 aromatic heterocycles. The maximum absolute atomic E-state index is 8.93. The Morgan fingerprint density at radius 3 is 1.49 bits per heavy atom. The molecule has 0 fully saturated rings. The molecule has 11 aromatic carbocycles. The minimum absolute atomic E-state index is 0.0949. The van der Waals surface area contributed by atoms with Crippen molar-refractivity contribution < 1.29 is 30.9 Å². The number of hydrogen-bond donors (Lipinski definition) is 0. The molecule has 0 saturated carbocycles. The number of fused-ring (bicyclic) bond motifs is 7. The van der Waals surface area contributed by atoms with E-state index in [1.807, 2.05) is 43.3 Å². The number of nitrogens with zero attached hydrogens (tertiary/aromatic N) is 5. The van der Waals surface area contributed by atoms with E-state index in [1.54, 1.807) is 6.20 Å². The molecule has 0 amide bonds. The van der Waals surface area contributed by atoms with Crippen LogP contribution in [0.5, 0.6) is 11.5 Å².